The van der Waals surface area contributed by atoms with E-state index in [1.165, 1.54) is 16.8 Å². The van der Waals surface area contributed by atoms with Gasteiger partial charge in [-0.05, 0) is 17.7 Å². The average Bonchev–Trinajstić information content (AvgIpc) is 3.04. The molecule has 0 saturated heterocycles. The molecule has 1 heterocycles. The number of hydrogen-bond donors (Lipinski definition) is 1. The van der Waals surface area contributed by atoms with Crippen molar-refractivity contribution in [1.82, 2.24) is 14.8 Å². The minimum atomic E-state index is -0.603. The lowest BCUT2D eigenvalue weighted by molar-refractivity contribution is 0.0752. The van der Waals surface area contributed by atoms with E-state index >= 15 is 0 Å². The molecular weight excluding hydrogens is 331 g/mol. The van der Waals surface area contributed by atoms with Gasteiger partial charge >= 0.3 is 0 Å². The maximum absolute atomic E-state index is 13.1. The fourth-order valence-electron chi connectivity index (χ4n) is 2.38. The summed E-state index contributed by atoms with van der Waals surface area (Å²) < 4.78 is 14.4. The van der Waals surface area contributed by atoms with Gasteiger partial charge in [0.1, 0.15) is 5.82 Å². The van der Waals surface area contributed by atoms with Gasteiger partial charge in [0, 0.05) is 17.5 Å². The zero-order chi connectivity index (χ0) is 18.7. The molecule has 2 aromatic carbocycles. The van der Waals surface area contributed by atoms with Crippen molar-refractivity contribution in [2.45, 2.75) is 27.3 Å². The van der Waals surface area contributed by atoms with E-state index in [0.717, 1.165) is 11.1 Å². The molecule has 0 amide bonds. The average molecular weight is 352 g/mol. The van der Waals surface area contributed by atoms with Crippen molar-refractivity contribution in [2.75, 3.05) is 5.32 Å². The number of nitrogens with one attached hydrogen (secondary N) is 1. The normalized spacial score (nSPS) is 11.4. The van der Waals surface area contributed by atoms with Gasteiger partial charge in [0.2, 0.25) is 5.95 Å². The van der Waals surface area contributed by atoms with Crippen molar-refractivity contribution >= 4 is 11.9 Å². The van der Waals surface area contributed by atoms with E-state index in [4.69, 9.17) is 0 Å². The van der Waals surface area contributed by atoms with Gasteiger partial charge < -0.3 is 5.32 Å². The minimum Gasteiger partial charge on any atom is -0.350 e. The van der Waals surface area contributed by atoms with Gasteiger partial charge in [-0.15, -0.1) is 5.10 Å². The first kappa shape index (κ1) is 17.8. The summed E-state index contributed by atoms with van der Waals surface area (Å²) in [7, 11) is 0. The molecule has 0 atom stereocenters. The molecule has 1 aromatic heterocycles. The van der Waals surface area contributed by atoms with Gasteiger partial charge in [0.15, 0.2) is 5.82 Å². The van der Waals surface area contributed by atoms with Crippen LogP contribution < -0.4 is 5.32 Å². The van der Waals surface area contributed by atoms with E-state index in [-0.39, 0.29) is 11.7 Å². The van der Waals surface area contributed by atoms with Crippen molar-refractivity contribution in [1.29, 1.82) is 0 Å². The summed E-state index contributed by atoms with van der Waals surface area (Å²) in [6, 6.07) is 15.7. The molecular formula is C20H21FN4O. The first-order valence-corrected chi connectivity index (χ1v) is 8.40. The highest BCUT2D eigenvalue weighted by molar-refractivity contribution is 5.86. The summed E-state index contributed by atoms with van der Waals surface area (Å²) in [4.78, 5) is 17.3. The lowest BCUT2D eigenvalue weighted by atomic mass is 9.96. The number of rotatable bonds is 4. The molecule has 6 heteroatoms. The number of hydrogen-bond acceptors (Lipinski definition) is 4. The van der Waals surface area contributed by atoms with Gasteiger partial charge in [-0.3, -0.25) is 4.79 Å². The van der Waals surface area contributed by atoms with E-state index in [0.29, 0.717) is 18.3 Å². The summed E-state index contributed by atoms with van der Waals surface area (Å²) in [6.45, 7) is 5.92. The Morgan fingerprint density at radius 1 is 1.08 bits per heavy atom. The van der Waals surface area contributed by atoms with E-state index in [9.17, 15) is 9.18 Å². The standard InChI is InChI=1S/C20H21FN4O/c1-20(2,3)18(26)25-19(22-13-14-9-11-16(21)12-10-14)23-17(24-25)15-7-5-4-6-8-15/h4-12H,13H2,1-3H3,(H,22,23,24). The second-order valence-electron chi connectivity index (χ2n) is 7.07. The maximum Gasteiger partial charge on any atom is 0.255 e. The van der Waals surface area contributed by atoms with E-state index in [2.05, 4.69) is 15.4 Å². The number of anilines is 1. The molecule has 0 radical (unpaired) electrons. The van der Waals surface area contributed by atoms with Crippen LogP contribution in [0.3, 0.4) is 0 Å². The van der Waals surface area contributed by atoms with Crippen molar-refractivity contribution in [3.05, 3.63) is 66.0 Å². The highest BCUT2D eigenvalue weighted by atomic mass is 19.1. The Morgan fingerprint density at radius 2 is 1.73 bits per heavy atom. The summed E-state index contributed by atoms with van der Waals surface area (Å²) in [5.74, 6) is 0.401. The van der Waals surface area contributed by atoms with Crippen LogP contribution in [-0.2, 0) is 6.54 Å². The summed E-state index contributed by atoms with van der Waals surface area (Å²) in [5, 5.41) is 7.54. The van der Waals surface area contributed by atoms with Crippen molar-refractivity contribution in [3.8, 4) is 11.4 Å². The van der Waals surface area contributed by atoms with Crippen molar-refractivity contribution in [2.24, 2.45) is 5.41 Å². The van der Waals surface area contributed by atoms with Gasteiger partial charge in [0.25, 0.3) is 5.91 Å². The lowest BCUT2D eigenvalue weighted by Gasteiger charge is -2.17. The SMILES string of the molecule is CC(C)(C)C(=O)n1nc(-c2ccccc2)nc1NCc1ccc(F)cc1. The summed E-state index contributed by atoms with van der Waals surface area (Å²) >= 11 is 0. The third-order valence-electron chi connectivity index (χ3n) is 3.84. The van der Waals surface area contributed by atoms with Crippen LogP contribution in [0.25, 0.3) is 11.4 Å². The predicted molar refractivity (Wildman–Crippen MR) is 99.3 cm³/mol. The number of carbonyl (C=O) groups excluding carboxylic acids is 1. The van der Waals surface area contributed by atoms with Gasteiger partial charge in [-0.25, -0.2) is 4.39 Å². The summed E-state index contributed by atoms with van der Waals surface area (Å²) in [5.41, 5.74) is 1.11. The Hall–Kier alpha value is -3.02. The molecule has 0 spiro atoms. The number of nitrogens with zero attached hydrogens (tertiary/aromatic N) is 3. The van der Waals surface area contributed by atoms with Crippen LogP contribution in [-0.4, -0.2) is 20.7 Å². The van der Waals surface area contributed by atoms with Crippen LogP contribution in [0.5, 0.6) is 0 Å². The van der Waals surface area contributed by atoms with Crippen LogP contribution in [0.1, 0.15) is 31.1 Å². The smallest absolute Gasteiger partial charge is 0.255 e. The lowest BCUT2D eigenvalue weighted by Crippen LogP contribution is -2.29. The zero-order valence-corrected chi connectivity index (χ0v) is 15.0. The summed E-state index contributed by atoms with van der Waals surface area (Å²) in [6.07, 6.45) is 0. The molecule has 1 N–H and O–H groups in total. The Morgan fingerprint density at radius 3 is 2.35 bits per heavy atom. The molecule has 5 nitrogen and oxygen atoms in total. The number of aromatic nitrogens is 3. The van der Waals surface area contributed by atoms with E-state index in [1.807, 2.05) is 51.1 Å². The Kier molecular flexibility index (Phi) is 4.84. The molecule has 134 valence electrons. The Balaban J connectivity index is 1.92. The van der Waals surface area contributed by atoms with Crippen LogP contribution >= 0.6 is 0 Å². The van der Waals surface area contributed by atoms with Crippen LogP contribution in [0, 0.1) is 11.2 Å². The largest absolute Gasteiger partial charge is 0.350 e. The molecule has 0 fully saturated rings. The van der Waals surface area contributed by atoms with E-state index < -0.39 is 5.41 Å². The molecule has 0 unspecified atom stereocenters. The highest BCUT2D eigenvalue weighted by Crippen LogP contribution is 2.23. The molecule has 3 aromatic rings. The first-order chi connectivity index (χ1) is 12.3. The van der Waals surface area contributed by atoms with Crippen molar-refractivity contribution < 1.29 is 9.18 Å². The Labute approximate surface area is 151 Å². The molecule has 0 aliphatic carbocycles. The first-order valence-electron chi connectivity index (χ1n) is 8.40. The third kappa shape index (κ3) is 3.96. The fraction of sp³-hybridized carbons (Fsp3) is 0.250. The third-order valence-corrected chi connectivity index (χ3v) is 3.84. The molecule has 0 aliphatic heterocycles. The number of halogens is 1. The molecule has 3 rings (SSSR count). The monoisotopic (exact) mass is 352 g/mol. The number of carbonyl (C=O) groups is 1. The second-order valence-corrected chi connectivity index (χ2v) is 7.07. The van der Waals surface area contributed by atoms with Gasteiger partial charge in [-0.2, -0.15) is 9.67 Å². The second kappa shape index (κ2) is 7.07. The topological polar surface area (TPSA) is 59.8 Å². The minimum absolute atomic E-state index is 0.159. The van der Waals surface area contributed by atoms with Crippen LogP contribution in [0.4, 0.5) is 10.3 Å². The van der Waals surface area contributed by atoms with Gasteiger partial charge in [0.05, 0.1) is 0 Å². The molecule has 0 saturated carbocycles. The zero-order valence-electron chi connectivity index (χ0n) is 15.0. The van der Waals surface area contributed by atoms with Gasteiger partial charge in [-0.1, -0.05) is 63.2 Å². The highest BCUT2D eigenvalue weighted by Gasteiger charge is 2.27. The predicted octanol–water partition coefficient (Wildman–Crippen LogP) is 4.38. The Bertz CT molecular complexity index is 896. The quantitative estimate of drug-likeness (QED) is 0.757. The maximum atomic E-state index is 13.1. The molecule has 0 aliphatic rings. The van der Waals surface area contributed by atoms with Crippen LogP contribution in [0.2, 0.25) is 0 Å². The van der Waals surface area contributed by atoms with E-state index in [1.54, 1.807) is 12.1 Å². The number of benzene rings is 2. The molecule has 26 heavy (non-hydrogen) atoms. The van der Waals surface area contributed by atoms with Crippen LogP contribution in [0.15, 0.2) is 54.6 Å². The fourth-order valence-corrected chi connectivity index (χ4v) is 2.38. The van der Waals surface area contributed by atoms with Crippen molar-refractivity contribution in [3.63, 3.8) is 0 Å². The molecule has 0 bridgehead atoms.